The van der Waals surface area contributed by atoms with Gasteiger partial charge in [0.1, 0.15) is 5.65 Å². The van der Waals surface area contributed by atoms with Crippen molar-refractivity contribution in [1.29, 1.82) is 0 Å². The van der Waals surface area contributed by atoms with Crippen molar-refractivity contribution in [3.8, 4) is 11.3 Å². The number of pyridine rings is 1. The van der Waals surface area contributed by atoms with Crippen molar-refractivity contribution in [3.63, 3.8) is 0 Å². The monoisotopic (exact) mass is 385 g/mol. The lowest BCUT2D eigenvalue weighted by Crippen LogP contribution is -2.21. The van der Waals surface area contributed by atoms with Crippen LogP contribution in [0.3, 0.4) is 0 Å². The molecule has 0 unspecified atom stereocenters. The number of fused-ring (bicyclic) bond motifs is 2. The Labute approximate surface area is 168 Å². The summed E-state index contributed by atoms with van der Waals surface area (Å²) in [6, 6.07) is 5.80. The fourth-order valence-corrected chi connectivity index (χ4v) is 4.15. The first kappa shape index (κ1) is 17.8. The quantitative estimate of drug-likeness (QED) is 0.575. The fourth-order valence-electron chi connectivity index (χ4n) is 4.15. The molecule has 6 heteroatoms. The number of hydrogen-bond acceptors (Lipinski definition) is 4. The van der Waals surface area contributed by atoms with Crippen molar-refractivity contribution in [1.82, 2.24) is 24.1 Å². The number of nitrogens with zero attached hydrogens (tertiary/aromatic N) is 4. The molecule has 4 aromatic heterocycles. The van der Waals surface area contributed by atoms with E-state index in [9.17, 15) is 4.79 Å². The van der Waals surface area contributed by atoms with Crippen LogP contribution in [0.5, 0.6) is 0 Å². The van der Waals surface area contributed by atoms with Gasteiger partial charge in [-0.25, -0.2) is 4.98 Å². The molecule has 5 rings (SSSR count). The molecule has 0 saturated heterocycles. The van der Waals surface area contributed by atoms with Crippen LogP contribution in [0.4, 0.5) is 0 Å². The van der Waals surface area contributed by atoms with Crippen LogP contribution in [-0.4, -0.2) is 31.9 Å². The van der Waals surface area contributed by atoms with Crippen LogP contribution in [0.1, 0.15) is 28.9 Å². The van der Waals surface area contributed by atoms with Gasteiger partial charge in [-0.15, -0.1) is 0 Å². The first-order chi connectivity index (χ1) is 14.0. The third-order valence-corrected chi connectivity index (χ3v) is 5.56. The number of aromatic nitrogens is 4. The minimum absolute atomic E-state index is 0.0641. The highest BCUT2D eigenvalue weighted by Crippen LogP contribution is 2.25. The summed E-state index contributed by atoms with van der Waals surface area (Å²) in [5.41, 5.74) is 8.57. The second kappa shape index (κ2) is 6.67. The molecule has 0 amide bonds. The number of hydrogen-bond donors (Lipinski definition) is 1. The average molecular weight is 385 g/mol. The van der Waals surface area contributed by atoms with E-state index >= 15 is 0 Å². The van der Waals surface area contributed by atoms with E-state index in [-0.39, 0.29) is 5.56 Å². The third kappa shape index (κ3) is 3.06. The zero-order valence-corrected chi connectivity index (χ0v) is 16.9. The maximum Gasteiger partial charge on any atom is 0.258 e. The van der Waals surface area contributed by atoms with Gasteiger partial charge in [-0.3, -0.25) is 14.2 Å². The molecule has 29 heavy (non-hydrogen) atoms. The second-order valence-electron chi connectivity index (χ2n) is 7.76. The molecule has 0 fully saturated rings. The topological polar surface area (TPSA) is 63.7 Å². The smallest absolute Gasteiger partial charge is 0.258 e. The third-order valence-electron chi connectivity index (χ3n) is 5.56. The first-order valence-electron chi connectivity index (χ1n) is 9.90. The Morgan fingerprint density at radius 3 is 2.66 bits per heavy atom. The van der Waals surface area contributed by atoms with E-state index in [1.54, 1.807) is 10.5 Å². The van der Waals surface area contributed by atoms with Gasteiger partial charge < -0.3 is 9.72 Å². The summed E-state index contributed by atoms with van der Waals surface area (Å²) in [5.74, 6) is 0. The van der Waals surface area contributed by atoms with Crippen LogP contribution in [-0.2, 0) is 0 Å². The SMILES string of the molecule is Cc1cn2cc(-c3cc(=O)n4cc(C5=CCNCC5)cc(C)c4n3)cc2c(C)n1. The van der Waals surface area contributed by atoms with Gasteiger partial charge in [-0.1, -0.05) is 6.08 Å². The molecule has 0 spiro atoms. The van der Waals surface area contributed by atoms with Gasteiger partial charge in [0.2, 0.25) is 0 Å². The summed E-state index contributed by atoms with van der Waals surface area (Å²) in [6.07, 6.45) is 9.09. The predicted molar refractivity (Wildman–Crippen MR) is 115 cm³/mol. The first-order valence-corrected chi connectivity index (χ1v) is 9.90. The lowest BCUT2D eigenvalue weighted by molar-refractivity contribution is 0.738. The molecule has 6 nitrogen and oxygen atoms in total. The predicted octanol–water partition coefficient (Wildman–Crippen LogP) is 3.31. The Balaban J connectivity index is 1.67. The molecule has 1 aliphatic rings. The molecule has 0 saturated carbocycles. The zero-order chi connectivity index (χ0) is 20.1. The Hall–Kier alpha value is -3.25. The minimum atomic E-state index is -0.0641. The van der Waals surface area contributed by atoms with E-state index in [2.05, 4.69) is 26.8 Å². The van der Waals surface area contributed by atoms with Crippen LogP contribution in [0.15, 0.2) is 47.7 Å². The summed E-state index contributed by atoms with van der Waals surface area (Å²) in [7, 11) is 0. The zero-order valence-electron chi connectivity index (χ0n) is 16.9. The molecule has 1 N–H and O–H groups in total. The van der Waals surface area contributed by atoms with Crippen molar-refractivity contribution < 1.29 is 0 Å². The van der Waals surface area contributed by atoms with Crippen LogP contribution in [0, 0.1) is 20.8 Å². The van der Waals surface area contributed by atoms with Gasteiger partial charge in [-0.05, 0) is 62.6 Å². The molecule has 4 aromatic rings. The largest absolute Gasteiger partial charge is 0.320 e. The molecule has 0 radical (unpaired) electrons. The Morgan fingerprint density at radius 1 is 1.00 bits per heavy atom. The normalized spacial score (nSPS) is 14.5. The van der Waals surface area contributed by atoms with Crippen LogP contribution < -0.4 is 10.9 Å². The van der Waals surface area contributed by atoms with Crippen molar-refractivity contribution in [2.75, 3.05) is 13.1 Å². The Morgan fingerprint density at radius 2 is 1.86 bits per heavy atom. The molecule has 0 bridgehead atoms. The molecule has 0 atom stereocenters. The molecule has 146 valence electrons. The maximum atomic E-state index is 13.0. The molecule has 1 aliphatic heterocycles. The molecule has 0 aromatic carbocycles. The average Bonchev–Trinajstić information content (AvgIpc) is 3.13. The van der Waals surface area contributed by atoms with Gasteiger partial charge >= 0.3 is 0 Å². The number of aryl methyl sites for hydroxylation is 3. The van der Waals surface area contributed by atoms with Gasteiger partial charge in [0.25, 0.3) is 5.56 Å². The maximum absolute atomic E-state index is 13.0. The van der Waals surface area contributed by atoms with Crippen LogP contribution in [0.2, 0.25) is 0 Å². The van der Waals surface area contributed by atoms with Crippen molar-refractivity contribution in [3.05, 3.63) is 75.7 Å². The minimum Gasteiger partial charge on any atom is -0.320 e. The molecule has 0 aliphatic carbocycles. The summed E-state index contributed by atoms with van der Waals surface area (Å²) in [6.45, 7) is 7.82. The van der Waals surface area contributed by atoms with E-state index in [1.807, 2.05) is 45.4 Å². The van der Waals surface area contributed by atoms with Crippen molar-refractivity contribution in [2.24, 2.45) is 0 Å². The molecular weight excluding hydrogens is 362 g/mol. The molecule has 5 heterocycles. The standard InChI is InChI=1S/C23H23N5O/c1-14-8-18(17-4-6-24-7-5-17)13-28-22(29)10-20(26-23(14)28)19-9-21-16(3)25-15(2)11-27(21)12-19/h4,8-13,24H,5-7H2,1-3H3. The van der Waals surface area contributed by atoms with E-state index in [4.69, 9.17) is 4.98 Å². The van der Waals surface area contributed by atoms with E-state index in [1.165, 1.54) is 5.57 Å². The summed E-state index contributed by atoms with van der Waals surface area (Å²) >= 11 is 0. The van der Waals surface area contributed by atoms with Gasteiger partial charge in [0.15, 0.2) is 0 Å². The lowest BCUT2D eigenvalue weighted by atomic mass is 10.0. The van der Waals surface area contributed by atoms with Crippen molar-refractivity contribution >= 4 is 16.7 Å². The van der Waals surface area contributed by atoms with Crippen LogP contribution in [0.25, 0.3) is 28.0 Å². The van der Waals surface area contributed by atoms with Crippen LogP contribution >= 0.6 is 0 Å². The highest BCUT2D eigenvalue weighted by atomic mass is 16.1. The summed E-state index contributed by atoms with van der Waals surface area (Å²) in [4.78, 5) is 22.3. The van der Waals surface area contributed by atoms with Crippen molar-refractivity contribution in [2.45, 2.75) is 27.2 Å². The molecular formula is C23H23N5O. The summed E-state index contributed by atoms with van der Waals surface area (Å²) < 4.78 is 3.72. The fraction of sp³-hybridized carbons (Fsp3) is 0.261. The van der Waals surface area contributed by atoms with E-state index in [0.717, 1.165) is 53.1 Å². The lowest BCUT2D eigenvalue weighted by Gasteiger charge is -2.16. The van der Waals surface area contributed by atoms with E-state index in [0.29, 0.717) is 11.3 Å². The highest BCUT2D eigenvalue weighted by Gasteiger charge is 2.13. The van der Waals surface area contributed by atoms with Gasteiger partial charge in [-0.2, -0.15) is 0 Å². The summed E-state index contributed by atoms with van der Waals surface area (Å²) in [5, 5.41) is 3.33. The van der Waals surface area contributed by atoms with E-state index < -0.39 is 0 Å². The number of nitrogens with one attached hydrogen (secondary N) is 1. The Bertz CT molecular complexity index is 1360. The second-order valence-corrected chi connectivity index (χ2v) is 7.76. The highest BCUT2D eigenvalue weighted by molar-refractivity contribution is 5.72. The number of rotatable bonds is 2. The van der Waals surface area contributed by atoms with Gasteiger partial charge in [0, 0.05) is 36.8 Å². The Kier molecular flexibility index (Phi) is 4.10. The van der Waals surface area contributed by atoms with Gasteiger partial charge in [0.05, 0.1) is 22.6 Å².